The molecule has 0 bridgehead atoms. The van der Waals surface area contributed by atoms with Gasteiger partial charge in [0.05, 0.1) is 12.1 Å². The quantitative estimate of drug-likeness (QED) is 0.583. The van der Waals surface area contributed by atoms with Crippen LogP contribution in [0.3, 0.4) is 0 Å². The smallest absolute Gasteiger partial charge is 0.151 e. The molecule has 3 heteroatoms. The van der Waals surface area contributed by atoms with Crippen LogP contribution in [0, 0.1) is 0 Å². The van der Waals surface area contributed by atoms with Gasteiger partial charge in [-0.05, 0) is 42.9 Å². The summed E-state index contributed by atoms with van der Waals surface area (Å²) in [5.74, 6) is 0.615. The maximum absolute atomic E-state index is 11.1. The van der Waals surface area contributed by atoms with Gasteiger partial charge in [0.25, 0.3) is 0 Å². The van der Waals surface area contributed by atoms with Crippen molar-refractivity contribution in [2.75, 3.05) is 7.11 Å². The SMILES string of the molecule is COc1cc2c(c(C=O)c1Cl)CCCCC2. The van der Waals surface area contributed by atoms with Crippen LogP contribution < -0.4 is 4.74 Å². The third kappa shape index (κ3) is 1.94. The molecule has 0 atom stereocenters. The van der Waals surface area contributed by atoms with Gasteiger partial charge in [0.1, 0.15) is 5.75 Å². The Morgan fingerprint density at radius 2 is 2.06 bits per heavy atom. The number of aryl methyl sites for hydroxylation is 1. The highest BCUT2D eigenvalue weighted by molar-refractivity contribution is 6.34. The highest BCUT2D eigenvalue weighted by Gasteiger charge is 2.18. The fourth-order valence-corrected chi connectivity index (χ4v) is 2.62. The van der Waals surface area contributed by atoms with Crippen LogP contribution in [0.4, 0.5) is 0 Å². The summed E-state index contributed by atoms with van der Waals surface area (Å²) in [6.45, 7) is 0. The predicted octanol–water partition coefficient (Wildman–Crippen LogP) is 3.43. The van der Waals surface area contributed by atoms with Crippen molar-refractivity contribution in [3.63, 3.8) is 0 Å². The van der Waals surface area contributed by atoms with Crippen molar-refractivity contribution in [2.24, 2.45) is 0 Å². The Bertz CT molecular complexity index is 413. The van der Waals surface area contributed by atoms with Crippen molar-refractivity contribution in [1.82, 2.24) is 0 Å². The first-order chi connectivity index (χ1) is 7.77. The second-order valence-electron chi connectivity index (χ2n) is 4.12. The lowest BCUT2D eigenvalue weighted by Gasteiger charge is -2.13. The van der Waals surface area contributed by atoms with Crippen LogP contribution in [0.2, 0.25) is 5.02 Å². The van der Waals surface area contributed by atoms with E-state index in [1.807, 2.05) is 6.07 Å². The Hall–Kier alpha value is -1.02. The first kappa shape index (κ1) is 11.5. The maximum Gasteiger partial charge on any atom is 0.151 e. The first-order valence-corrected chi connectivity index (χ1v) is 5.99. The molecule has 0 aromatic heterocycles. The number of hydrogen-bond donors (Lipinski definition) is 0. The van der Waals surface area contributed by atoms with Gasteiger partial charge in [-0.1, -0.05) is 18.0 Å². The minimum Gasteiger partial charge on any atom is -0.495 e. The van der Waals surface area contributed by atoms with Gasteiger partial charge in [-0.2, -0.15) is 0 Å². The lowest BCUT2D eigenvalue weighted by molar-refractivity contribution is 0.112. The zero-order valence-corrected chi connectivity index (χ0v) is 10.1. The van der Waals surface area contributed by atoms with E-state index in [9.17, 15) is 4.79 Å². The molecular formula is C13H15ClO2. The van der Waals surface area contributed by atoms with E-state index >= 15 is 0 Å². The van der Waals surface area contributed by atoms with Crippen molar-refractivity contribution in [2.45, 2.75) is 32.1 Å². The molecule has 0 saturated heterocycles. The van der Waals surface area contributed by atoms with Gasteiger partial charge in [0.2, 0.25) is 0 Å². The van der Waals surface area contributed by atoms with E-state index < -0.39 is 0 Å². The van der Waals surface area contributed by atoms with E-state index in [0.717, 1.165) is 31.1 Å². The molecule has 1 aliphatic carbocycles. The molecule has 0 spiro atoms. The minimum atomic E-state index is 0.457. The highest BCUT2D eigenvalue weighted by atomic mass is 35.5. The van der Waals surface area contributed by atoms with Crippen molar-refractivity contribution < 1.29 is 9.53 Å². The molecule has 0 N–H and O–H groups in total. The molecule has 1 aliphatic rings. The van der Waals surface area contributed by atoms with Gasteiger partial charge in [0, 0.05) is 5.56 Å². The summed E-state index contributed by atoms with van der Waals surface area (Å²) in [6, 6.07) is 1.98. The van der Waals surface area contributed by atoms with Gasteiger partial charge in [-0.25, -0.2) is 0 Å². The summed E-state index contributed by atoms with van der Waals surface area (Å²) in [5, 5.41) is 0.457. The molecule has 0 radical (unpaired) electrons. The molecule has 86 valence electrons. The Balaban J connectivity index is 2.60. The minimum absolute atomic E-state index is 0.457. The van der Waals surface area contributed by atoms with Gasteiger partial charge in [0.15, 0.2) is 6.29 Å². The van der Waals surface area contributed by atoms with Crippen LogP contribution in [0.25, 0.3) is 0 Å². The highest BCUT2D eigenvalue weighted by Crippen LogP contribution is 2.35. The van der Waals surface area contributed by atoms with E-state index in [2.05, 4.69) is 0 Å². The normalized spacial score (nSPS) is 15.1. The third-order valence-electron chi connectivity index (χ3n) is 3.18. The molecular weight excluding hydrogens is 224 g/mol. The average Bonchev–Trinajstić information content (AvgIpc) is 2.53. The summed E-state index contributed by atoms with van der Waals surface area (Å²) in [7, 11) is 1.58. The molecule has 0 unspecified atom stereocenters. The predicted molar refractivity (Wildman–Crippen MR) is 64.7 cm³/mol. The van der Waals surface area contributed by atoms with Crippen LogP contribution in [0.5, 0.6) is 5.75 Å². The third-order valence-corrected chi connectivity index (χ3v) is 3.57. The fraction of sp³-hybridized carbons (Fsp3) is 0.462. The average molecular weight is 239 g/mol. The molecule has 0 aliphatic heterocycles. The van der Waals surface area contributed by atoms with Gasteiger partial charge in [-0.3, -0.25) is 4.79 Å². The number of benzene rings is 1. The number of hydrogen-bond acceptors (Lipinski definition) is 2. The van der Waals surface area contributed by atoms with Crippen LogP contribution in [0.15, 0.2) is 6.07 Å². The molecule has 1 aromatic carbocycles. The summed E-state index contributed by atoms with van der Waals surface area (Å²) in [5.41, 5.74) is 2.97. The Kier molecular flexibility index (Phi) is 3.49. The van der Waals surface area contributed by atoms with Gasteiger partial charge < -0.3 is 4.74 Å². The molecule has 0 saturated carbocycles. The molecule has 0 fully saturated rings. The summed E-state index contributed by atoms with van der Waals surface area (Å²) < 4.78 is 5.20. The van der Waals surface area contributed by atoms with Crippen LogP contribution in [0.1, 0.15) is 40.7 Å². The van der Waals surface area contributed by atoms with E-state index in [1.54, 1.807) is 7.11 Å². The molecule has 1 aromatic rings. The van der Waals surface area contributed by atoms with Crippen molar-refractivity contribution in [3.8, 4) is 5.75 Å². The Labute approximate surface area is 101 Å². The zero-order chi connectivity index (χ0) is 11.5. The largest absolute Gasteiger partial charge is 0.495 e. The second-order valence-corrected chi connectivity index (χ2v) is 4.50. The lowest BCUT2D eigenvalue weighted by atomic mass is 9.97. The van der Waals surface area contributed by atoms with E-state index in [4.69, 9.17) is 16.3 Å². The van der Waals surface area contributed by atoms with E-state index in [1.165, 1.54) is 18.4 Å². The fourth-order valence-electron chi connectivity index (χ4n) is 2.33. The summed E-state index contributed by atoms with van der Waals surface area (Å²) >= 11 is 6.14. The van der Waals surface area contributed by atoms with Crippen LogP contribution >= 0.6 is 11.6 Å². The summed E-state index contributed by atoms with van der Waals surface area (Å²) in [4.78, 5) is 11.1. The monoisotopic (exact) mass is 238 g/mol. The molecule has 2 rings (SSSR count). The van der Waals surface area contributed by atoms with Crippen molar-refractivity contribution in [3.05, 3.63) is 27.8 Å². The first-order valence-electron chi connectivity index (χ1n) is 5.61. The van der Waals surface area contributed by atoms with Gasteiger partial charge >= 0.3 is 0 Å². The van der Waals surface area contributed by atoms with Crippen molar-refractivity contribution in [1.29, 1.82) is 0 Å². The number of carbonyl (C=O) groups is 1. The number of carbonyl (C=O) groups excluding carboxylic acids is 1. The van der Waals surface area contributed by atoms with Crippen LogP contribution in [-0.4, -0.2) is 13.4 Å². The maximum atomic E-state index is 11.1. The zero-order valence-electron chi connectivity index (χ0n) is 9.38. The second kappa shape index (κ2) is 4.88. The molecule has 2 nitrogen and oxygen atoms in total. The summed E-state index contributed by atoms with van der Waals surface area (Å²) in [6.07, 6.45) is 6.35. The number of rotatable bonds is 2. The number of aldehydes is 1. The van der Waals surface area contributed by atoms with Crippen LogP contribution in [-0.2, 0) is 12.8 Å². The number of fused-ring (bicyclic) bond motifs is 1. The van der Waals surface area contributed by atoms with E-state index in [-0.39, 0.29) is 0 Å². The number of halogens is 1. The molecule has 0 heterocycles. The van der Waals surface area contributed by atoms with E-state index in [0.29, 0.717) is 16.3 Å². The Morgan fingerprint density at radius 1 is 1.31 bits per heavy atom. The molecule has 0 amide bonds. The topological polar surface area (TPSA) is 26.3 Å². The number of methoxy groups -OCH3 is 1. The van der Waals surface area contributed by atoms with Crippen molar-refractivity contribution >= 4 is 17.9 Å². The lowest BCUT2D eigenvalue weighted by Crippen LogP contribution is -2.01. The van der Waals surface area contributed by atoms with Gasteiger partial charge in [-0.15, -0.1) is 0 Å². The Morgan fingerprint density at radius 3 is 2.75 bits per heavy atom. The number of ether oxygens (including phenoxy) is 1. The molecule has 16 heavy (non-hydrogen) atoms. The standard InChI is InChI=1S/C13H15ClO2/c1-16-12-7-9-5-3-2-4-6-10(9)11(8-15)13(12)14/h7-8H,2-6H2,1H3.